The van der Waals surface area contributed by atoms with Gasteiger partial charge in [-0.15, -0.1) is 0 Å². The monoisotopic (exact) mass is 360 g/mol. The minimum absolute atomic E-state index is 0.112. The van der Waals surface area contributed by atoms with Gasteiger partial charge < -0.3 is 14.4 Å². The first-order chi connectivity index (χ1) is 12.7. The summed E-state index contributed by atoms with van der Waals surface area (Å²) in [6, 6.07) is 10.3. The summed E-state index contributed by atoms with van der Waals surface area (Å²) in [5.74, 6) is 0.112. The van der Waals surface area contributed by atoms with Gasteiger partial charge in [-0.3, -0.25) is 9.69 Å². The predicted molar refractivity (Wildman–Crippen MR) is 102 cm³/mol. The number of methoxy groups -OCH3 is 1. The molecular formula is C21H32N2O3. The minimum Gasteiger partial charge on any atom is -0.383 e. The summed E-state index contributed by atoms with van der Waals surface area (Å²) in [6.07, 6.45) is 4.28. The Balaban J connectivity index is 1.67. The van der Waals surface area contributed by atoms with Gasteiger partial charge in [-0.25, -0.2) is 0 Å². The van der Waals surface area contributed by atoms with Crippen molar-refractivity contribution in [3.63, 3.8) is 0 Å². The summed E-state index contributed by atoms with van der Waals surface area (Å²) < 4.78 is 11.5. The summed E-state index contributed by atoms with van der Waals surface area (Å²) in [5, 5.41) is 0. The van der Waals surface area contributed by atoms with Crippen LogP contribution in [-0.2, 0) is 14.3 Å². The van der Waals surface area contributed by atoms with Crippen LogP contribution >= 0.6 is 0 Å². The Hall–Kier alpha value is -1.43. The van der Waals surface area contributed by atoms with E-state index in [1.165, 1.54) is 12.8 Å². The molecule has 1 aromatic carbocycles. The second-order valence-corrected chi connectivity index (χ2v) is 7.50. The predicted octanol–water partition coefficient (Wildman–Crippen LogP) is 2.87. The summed E-state index contributed by atoms with van der Waals surface area (Å²) in [4.78, 5) is 17.7. The van der Waals surface area contributed by atoms with Gasteiger partial charge in [0.25, 0.3) is 5.91 Å². The van der Waals surface area contributed by atoms with E-state index < -0.39 is 6.10 Å². The van der Waals surface area contributed by atoms with E-state index in [-0.39, 0.29) is 12.0 Å². The van der Waals surface area contributed by atoms with E-state index in [1.807, 2.05) is 35.2 Å². The topological polar surface area (TPSA) is 42.0 Å². The third-order valence-corrected chi connectivity index (χ3v) is 5.62. The van der Waals surface area contributed by atoms with Crippen molar-refractivity contribution in [3.05, 3.63) is 35.9 Å². The van der Waals surface area contributed by atoms with Gasteiger partial charge in [0.1, 0.15) is 0 Å². The minimum atomic E-state index is -0.475. The van der Waals surface area contributed by atoms with Crippen LogP contribution in [0.5, 0.6) is 0 Å². The van der Waals surface area contributed by atoms with Crippen LogP contribution in [0.4, 0.5) is 0 Å². The number of rotatable bonds is 7. The fraction of sp³-hybridized carbons (Fsp3) is 0.667. The number of ether oxygens (including phenoxy) is 2. The molecule has 1 saturated heterocycles. The highest BCUT2D eigenvalue weighted by Gasteiger charge is 2.34. The van der Waals surface area contributed by atoms with Crippen molar-refractivity contribution in [2.45, 2.75) is 50.9 Å². The van der Waals surface area contributed by atoms with Crippen LogP contribution in [0.25, 0.3) is 0 Å². The lowest BCUT2D eigenvalue weighted by atomic mass is 10.1. The van der Waals surface area contributed by atoms with Crippen LogP contribution in [0.1, 0.15) is 44.3 Å². The second-order valence-electron chi connectivity index (χ2n) is 7.50. The normalized spacial score (nSPS) is 23.3. The highest BCUT2D eigenvalue weighted by molar-refractivity contribution is 5.82. The number of carbonyl (C=O) groups is 1. The standard InChI is InChI=1S/C21H32N2O3/c1-17-16-23(13-12-22(17)14-15-25-2)21(24)20(18-8-4-3-5-9-18)26-19-10-6-7-11-19/h3-5,8-9,17,19-20H,6-7,10-16H2,1-2H3. The molecule has 1 saturated carbocycles. The third-order valence-electron chi connectivity index (χ3n) is 5.62. The number of hydrogen-bond acceptors (Lipinski definition) is 4. The van der Waals surface area contributed by atoms with E-state index in [0.29, 0.717) is 6.04 Å². The molecule has 2 fully saturated rings. The van der Waals surface area contributed by atoms with Gasteiger partial charge in [0, 0.05) is 39.3 Å². The van der Waals surface area contributed by atoms with Crippen LogP contribution in [0, 0.1) is 0 Å². The van der Waals surface area contributed by atoms with Crippen molar-refractivity contribution in [3.8, 4) is 0 Å². The fourth-order valence-corrected chi connectivity index (χ4v) is 4.03. The maximum Gasteiger partial charge on any atom is 0.256 e. The first kappa shape index (κ1) is 19.3. The molecule has 1 heterocycles. The Bertz CT molecular complexity index is 560. The van der Waals surface area contributed by atoms with Crippen molar-refractivity contribution < 1.29 is 14.3 Å². The molecule has 0 radical (unpaired) electrons. The van der Waals surface area contributed by atoms with Crippen molar-refractivity contribution in [1.82, 2.24) is 9.80 Å². The number of hydrogen-bond donors (Lipinski definition) is 0. The Kier molecular flexibility index (Phi) is 7.06. The highest BCUT2D eigenvalue weighted by atomic mass is 16.5. The van der Waals surface area contributed by atoms with E-state index in [1.54, 1.807) is 7.11 Å². The molecule has 0 bridgehead atoms. The molecule has 0 spiro atoms. The van der Waals surface area contributed by atoms with E-state index in [0.717, 1.165) is 51.2 Å². The average molecular weight is 360 g/mol. The molecule has 1 aliphatic heterocycles. The van der Waals surface area contributed by atoms with Crippen LogP contribution < -0.4 is 0 Å². The zero-order chi connectivity index (χ0) is 18.4. The molecule has 5 nitrogen and oxygen atoms in total. The average Bonchev–Trinajstić information content (AvgIpc) is 3.18. The zero-order valence-electron chi connectivity index (χ0n) is 16.1. The van der Waals surface area contributed by atoms with Gasteiger partial charge in [-0.2, -0.15) is 0 Å². The summed E-state index contributed by atoms with van der Waals surface area (Å²) in [7, 11) is 1.73. The number of carbonyl (C=O) groups excluding carboxylic acids is 1. The molecule has 2 atom stereocenters. The highest BCUT2D eigenvalue weighted by Crippen LogP contribution is 2.29. The molecule has 5 heteroatoms. The zero-order valence-corrected chi connectivity index (χ0v) is 16.1. The molecule has 0 aromatic heterocycles. The molecule has 26 heavy (non-hydrogen) atoms. The lowest BCUT2D eigenvalue weighted by molar-refractivity contribution is -0.151. The maximum atomic E-state index is 13.3. The van der Waals surface area contributed by atoms with Crippen molar-refractivity contribution in [1.29, 1.82) is 0 Å². The van der Waals surface area contributed by atoms with E-state index in [4.69, 9.17) is 9.47 Å². The number of benzene rings is 1. The van der Waals surface area contributed by atoms with Crippen LogP contribution in [-0.4, -0.2) is 67.7 Å². The van der Waals surface area contributed by atoms with E-state index >= 15 is 0 Å². The first-order valence-electron chi connectivity index (χ1n) is 9.91. The summed E-state index contributed by atoms with van der Waals surface area (Å²) in [6.45, 7) is 6.23. The van der Waals surface area contributed by atoms with E-state index in [2.05, 4.69) is 11.8 Å². The summed E-state index contributed by atoms with van der Waals surface area (Å²) in [5.41, 5.74) is 0.971. The Morgan fingerprint density at radius 1 is 1.19 bits per heavy atom. The van der Waals surface area contributed by atoms with Crippen LogP contribution in [0.3, 0.4) is 0 Å². The fourth-order valence-electron chi connectivity index (χ4n) is 4.03. The smallest absolute Gasteiger partial charge is 0.256 e. The van der Waals surface area contributed by atoms with Gasteiger partial charge in [0.2, 0.25) is 0 Å². The molecule has 144 valence electrons. The molecule has 2 aliphatic rings. The maximum absolute atomic E-state index is 13.3. The molecule has 3 rings (SSSR count). The van der Waals surface area contributed by atoms with E-state index in [9.17, 15) is 4.79 Å². The van der Waals surface area contributed by atoms with Crippen molar-refractivity contribution in [2.75, 3.05) is 39.9 Å². The van der Waals surface area contributed by atoms with Crippen molar-refractivity contribution in [2.24, 2.45) is 0 Å². The second kappa shape index (κ2) is 9.49. The molecular weight excluding hydrogens is 328 g/mol. The van der Waals surface area contributed by atoms with Crippen LogP contribution in [0.2, 0.25) is 0 Å². The number of nitrogens with zero attached hydrogens (tertiary/aromatic N) is 2. The van der Waals surface area contributed by atoms with Crippen molar-refractivity contribution >= 4 is 5.91 Å². The Morgan fingerprint density at radius 2 is 1.92 bits per heavy atom. The lowest BCUT2D eigenvalue weighted by Gasteiger charge is -2.41. The van der Waals surface area contributed by atoms with Crippen LogP contribution in [0.15, 0.2) is 30.3 Å². The Labute approximate surface area is 157 Å². The lowest BCUT2D eigenvalue weighted by Crippen LogP contribution is -2.55. The molecule has 2 unspecified atom stereocenters. The summed E-state index contributed by atoms with van der Waals surface area (Å²) >= 11 is 0. The molecule has 0 N–H and O–H groups in total. The van der Waals surface area contributed by atoms with Gasteiger partial charge in [0.05, 0.1) is 12.7 Å². The first-order valence-corrected chi connectivity index (χ1v) is 9.91. The van der Waals surface area contributed by atoms with Gasteiger partial charge in [0.15, 0.2) is 6.10 Å². The Morgan fingerprint density at radius 3 is 2.58 bits per heavy atom. The van der Waals surface area contributed by atoms with Gasteiger partial charge >= 0.3 is 0 Å². The molecule has 1 amide bonds. The SMILES string of the molecule is COCCN1CCN(C(=O)C(OC2CCCC2)c2ccccc2)CC1C. The largest absolute Gasteiger partial charge is 0.383 e. The quantitative estimate of drug-likeness (QED) is 0.750. The molecule has 1 aliphatic carbocycles. The third kappa shape index (κ3) is 4.84. The number of piperazine rings is 1. The molecule has 1 aromatic rings. The number of amides is 1. The van der Waals surface area contributed by atoms with Gasteiger partial charge in [-0.1, -0.05) is 43.2 Å². The van der Waals surface area contributed by atoms with Gasteiger partial charge in [-0.05, 0) is 25.3 Å².